The van der Waals surface area contributed by atoms with Crippen molar-refractivity contribution in [2.45, 2.75) is 44.9 Å². The molecule has 0 aliphatic heterocycles. The van der Waals surface area contributed by atoms with Crippen molar-refractivity contribution in [2.24, 2.45) is 0 Å². The summed E-state index contributed by atoms with van der Waals surface area (Å²) in [6.45, 7) is 7.19. The van der Waals surface area contributed by atoms with E-state index in [0.29, 0.717) is 17.7 Å². The van der Waals surface area contributed by atoms with Gasteiger partial charge in [-0.3, -0.25) is 0 Å². The van der Waals surface area contributed by atoms with E-state index in [1.54, 1.807) is 0 Å². The Kier molecular flexibility index (Phi) is 6.33. The fourth-order valence-corrected chi connectivity index (χ4v) is 4.10. The summed E-state index contributed by atoms with van der Waals surface area (Å²) < 4.78 is 11.4. The van der Waals surface area contributed by atoms with E-state index < -0.39 is 8.07 Å². The standard InChI is InChI=1S/C19H25O2SSi/c1-23(2,3)10-9-15-5-4-6-16(11-15)12-18-8-7-17(14-20)13-19(18)22-21/h4,6-8,11,20H,9-10,12-14H2,1-3H3. The molecule has 123 valence electrons. The molecule has 0 saturated heterocycles. The molecule has 2 nitrogen and oxygen atoms in total. The fourth-order valence-electron chi connectivity index (χ4n) is 2.59. The number of aliphatic hydroxyl groups is 1. The van der Waals surface area contributed by atoms with Crippen LogP contribution in [0.15, 0.2) is 41.5 Å². The minimum atomic E-state index is -1.04. The Morgan fingerprint density at radius 1 is 1.30 bits per heavy atom. The van der Waals surface area contributed by atoms with E-state index in [1.807, 2.05) is 18.2 Å². The first-order chi connectivity index (χ1) is 10.9. The lowest BCUT2D eigenvalue weighted by Gasteiger charge is -2.16. The van der Waals surface area contributed by atoms with Crippen LogP contribution >= 0.6 is 0 Å². The van der Waals surface area contributed by atoms with Crippen molar-refractivity contribution < 1.29 is 9.32 Å². The highest BCUT2D eigenvalue weighted by molar-refractivity contribution is 7.67. The van der Waals surface area contributed by atoms with E-state index in [1.165, 1.54) is 17.2 Å². The average Bonchev–Trinajstić information content (AvgIpc) is 2.53. The van der Waals surface area contributed by atoms with Gasteiger partial charge in [-0.15, -0.1) is 0 Å². The van der Waals surface area contributed by atoms with E-state index >= 15 is 0 Å². The van der Waals surface area contributed by atoms with Gasteiger partial charge >= 0.3 is 0 Å². The lowest BCUT2D eigenvalue weighted by Crippen LogP contribution is -2.20. The zero-order chi connectivity index (χ0) is 16.9. The van der Waals surface area contributed by atoms with Crippen molar-refractivity contribution in [3.05, 3.63) is 58.7 Å². The first-order valence-corrected chi connectivity index (χ1v) is 12.5. The van der Waals surface area contributed by atoms with Gasteiger partial charge in [-0.2, -0.15) is 0 Å². The van der Waals surface area contributed by atoms with Crippen molar-refractivity contribution in [3.63, 3.8) is 0 Å². The van der Waals surface area contributed by atoms with Crippen molar-refractivity contribution >= 4 is 24.2 Å². The quantitative estimate of drug-likeness (QED) is 0.632. The molecule has 23 heavy (non-hydrogen) atoms. The van der Waals surface area contributed by atoms with Crippen LogP contribution in [0.5, 0.6) is 0 Å². The molecule has 0 spiro atoms. The molecule has 0 fully saturated rings. The Balaban J connectivity index is 2.12. The Morgan fingerprint density at radius 3 is 2.74 bits per heavy atom. The number of hydrogen-bond acceptors (Lipinski definition) is 2. The van der Waals surface area contributed by atoms with Gasteiger partial charge in [-0.05, 0) is 41.2 Å². The second kappa shape index (κ2) is 8.04. The molecule has 0 unspecified atom stereocenters. The summed E-state index contributed by atoms with van der Waals surface area (Å²) in [6.07, 6.45) is 6.36. The number of allylic oxidation sites excluding steroid dienone is 3. The monoisotopic (exact) mass is 345 g/mol. The van der Waals surface area contributed by atoms with E-state index in [9.17, 15) is 9.32 Å². The molecule has 2 rings (SSSR count). The molecular formula is C19H25O2SSi. The topological polar surface area (TPSA) is 37.3 Å². The predicted octanol–water partition coefficient (Wildman–Crippen LogP) is 3.54. The highest BCUT2D eigenvalue weighted by Crippen LogP contribution is 2.20. The largest absolute Gasteiger partial charge is 0.392 e. The summed E-state index contributed by atoms with van der Waals surface area (Å²) in [5.41, 5.74) is 4.48. The summed E-state index contributed by atoms with van der Waals surface area (Å²) in [6, 6.07) is 10.9. The molecule has 1 aromatic carbocycles. The van der Waals surface area contributed by atoms with Gasteiger partial charge in [0.05, 0.1) is 22.7 Å². The van der Waals surface area contributed by atoms with Crippen molar-refractivity contribution in [1.82, 2.24) is 0 Å². The third-order valence-corrected chi connectivity index (χ3v) is 6.39. The van der Waals surface area contributed by atoms with Gasteiger partial charge in [0.25, 0.3) is 0 Å². The summed E-state index contributed by atoms with van der Waals surface area (Å²) in [5, 5.41) is 9.22. The Bertz CT molecular complexity index is 677. The number of benzene rings is 1. The van der Waals surface area contributed by atoms with Gasteiger partial charge in [0, 0.05) is 14.5 Å². The van der Waals surface area contributed by atoms with Gasteiger partial charge in [-0.1, -0.05) is 56.0 Å². The molecule has 1 N–H and O–H groups in total. The fraction of sp³-hybridized carbons (Fsp3) is 0.421. The number of hydrogen-bond donors (Lipinski definition) is 1. The van der Waals surface area contributed by atoms with Crippen LogP contribution in [-0.4, -0.2) is 28.9 Å². The lowest BCUT2D eigenvalue weighted by molar-refractivity contribution is 0.329. The van der Waals surface area contributed by atoms with Gasteiger partial charge in [0.2, 0.25) is 0 Å². The molecule has 0 saturated carbocycles. The zero-order valence-electron chi connectivity index (χ0n) is 14.2. The smallest absolute Gasteiger partial charge is 0.0926 e. The molecule has 0 atom stereocenters. The van der Waals surface area contributed by atoms with Gasteiger partial charge in [0.1, 0.15) is 0 Å². The van der Waals surface area contributed by atoms with Gasteiger partial charge in [0.15, 0.2) is 0 Å². The van der Waals surface area contributed by atoms with Crippen LogP contribution in [0.4, 0.5) is 0 Å². The number of rotatable bonds is 6. The molecule has 1 aliphatic carbocycles. The molecule has 1 radical (unpaired) electrons. The summed E-state index contributed by atoms with van der Waals surface area (Å²) in [7, 11) is -1.04. The van der Waals surface area contributed by atoms with E-state index in [2.05, 4.69) is 37.8 Å². The Morgan fingerprint density at radius 2 is 2.09 bits per heavy atom. The summed E-state index contributed by atoms with van der Waals surface area (Å²) >= 11 is 0.554. The van der Waals surface area contributed by atoms with Crippen LogP contribution in [0, 0.1) is 6.07 Å². The first kappa shape index (κ1) is 18.1. The van der Waals surface area contributed by atoms with Crippen molar-refractivity contribution in [1.29, 1.82) is 0 Å². The second-order valence-electron chi connectivity index (χ2n) is 7.32. The highest BCUT2D eigenvalue weighted by Gasteiger charge is 2.15. The van der Waals surface area contributed by atoms with Crippen LogP contribution in [0.25, 0.3) is 0 Å². The second-order valence-corrected chi connectivity index (χ2v) is 13.6. The molecule has 0 heterocycles. The first-order valence-electron chi connectivity index (χ1n) is 8.06. The van der Waals surface area contributed by atoms with Crippen molar-refractivity contribution in [2.75, 3.05) is 6.61 Å². The molecule has 4 heteroatoms. The number of aryl methyl sites for hydroxylation is 1. The van der Waals surface area contributed by atoms with Crippen LogP contribution in [-0.2, 0) is 24.1 Å². The van der Waals surface area contributed by atoms with Crippen LogP contribution in [0.2, 0.25) is 25.7 Å². The van der Waals surface area contributed by atoms with Crippen LogP contribution in [0.1, 0.15) is 17.5 Å². The zero-order valence-corrected chi connectivity index (χ0v) is 16.0. The third kappa shape index (κ3) is 5.72. The predicted molar refractivity (Wildman–Crippen MR) is 102 cm³/mol. The molecule has 1 aliphatic rings. The van der Waals surface area contributed by atoms with Gasteiger partial charge < -0.3 is 5.11 Å². The third-order valence-electron chi connectivity index (χ3n) is 4.03. The highest BCUT2D eigenvalue weighted by atomic mass is 32.1. The normalized spacial score (nSPS) is 15.2. The van der Waals surface area contributed by atoms with E-state index in [-0.39, 0.29) is 6.61 Å². The maximum atomic E-state index is 11.4. The Hall–Kier alpha value is -1.23. The number of aliphatic hydroxyl groups excluding tert-OH is 1. The Labute approximate surface area is 144 Å². The summed E-state index contributed by atoms with van der Waals surface area (Å²) in [4.78, 5) is 0.827. The molecular weight excluding hydrogens is 320 g/mol. The van der Waals surface area contributed by atoms with Crippen molar-refractivity contribution in [3.8, 4) is 0 Å². The maximum absolute atomic E-state index is 11.4. The minimum absolute atomic E-state index is 0.0228. The molecule has 1 aromatic rings. The molecule has 0 bridgehead atoms. The van der Waals surface area contributed by atoms with E-state index in [4.69, 9.17) is 0 Å². The lowest BCUT2D eigenvalue weighted by atomic mass is 9.93. The van der Waals surface area contributed by atoms with Crippen LogP contribution < -0.4 is 0 Å². The summed E-state index contributed by atoms with van der Waals surface area (Å²) in [5.74, 6) is 0. The average molecular weight is 346 g/mol. The minimum Gasteiger partial charge on any atom is -0.392 e. The van der Waals surface area contributed by atoms with Crippen LogP contribution in [0.3, 0.4) is 0 Å². The van der Waals surface area contributed by atoms with E-state index in [0.717, 1.165) is 28.9 Å². The molecule has 0 aromatic heterocycles. The van der Waals surface area contributed by atoms with Gasteiger partial charge in [-0.25, -0.2) is 4.21 Å². The SMILES string of the molecule is C[Si](C)(C)CCc1[c]ccc(CC2=CC=C(CO)CC2=S=O)c1. The molecule has 0 amide bonds. The maximum Gasteiger partial charge on any atom is 0.0926 e.